The summed E-state index contributed by atoms with van der Waals surface area (Å²) in [6.45, 7) is 2.49. The number of para-hydroxylation sites is 2. The second kappa shape index (κ2) is 4.98. The molecular weight excluding hydrogens is 224 g/mol. The van der Waals surface area contributed by atoms with Gasteiger partial charge >= 0.3 is 0 Å². The van der Waals surface area contributed by atoms with Crippen LogP contribution < -0.4 is 11.1 Å². The molecule has 3 rings (SSSR count). The molecule has 1 aliphatic carbocycles. The van der Waals surface area contributed by atoms with E-state index in [0.29, 0.717) is 6.54 Å². The number of anilines is 1. The van der Waals surface area contributed by atoms with Gasteiger partial charge in [0.1, 0.15) is 0 Å². The Morgan fingerprint density at radius 2 is 2.17 bits per heavy atom. The fourth-order valence-electron chi connectivity index (χ4n) is 2.50. The van der Waals surface area contributed by atoms with Crippen molar-refractivity contribution in [1.29, 1.82) is 0 Å². The number of rotatable bonds is 5. The van der Waals surface area contributed by atoms with Gasteiger partial charge < -0.3 is 15.6 Å². The zero-order valence-electron chi connectivity index (χ0n) is 10.6. The number of nitrogens with two attached hydrogens (primary N) is 1. The molecule has 0 radical (unpaired) electrons. The van der Waals surface area contributed by atoms with Gasteiger partial charge in [-0.1, -0.05) is 18.6 Å². The minimum Gasteiger partial charge on any atom is -0.355 e. The number of fused-ring (bicyclic) bond motifs is 1. The van der Waals surface area contributed by atoms with Gasteiger partial charge in [-0.05, 0) is 30.9 Å². The van der Waals surface area contributed by atoms with Crippen molar-refractivity contribution in [2.45, 2.75) is 25.8 Å². The molecule has 1 saturated carbocycles. The Morgan fingerprint density at radius 1 is 1.33 bits per heavy atom. The molecule has 1 aromatic carbocycles. The lowest BCUT2D eigenvalue weighted by molar-refractivity contribution is 0.332. The van der Waals surface area contributed by atoms with Gasteiger partial charge in [0.05, 0.1) is 11.0 Å². The van der Waals surface area contributed by atoms with E-state index in [-0.39, 0.29) is 0 Å². The monoisotopic (exact) mass is 244 g/mol. The minimum absolute atomic E-state index is 0.637. The maximum atomic E-state index is 5.70. The van der Waals surface area contributed by atoms with Crippen molar-refractivity contribution in [3.05, 3.63) is 24.3 Å². The Labute approximate surface area is 107 Å². The smallest absolute Gasteiger partial charge is 0.203 e. The molecule has 2 aromatic rings. The first kappa shape index (κ1) is 11.5. The van der Waals surface area contributed by atoms with Crippen LogP contribution >= 0.6 is 0 Å². The van der Waals surface area contributed by atoms with Crippen LogP contribution in [-0.4, -0.2) is 22.6 Å². The first-order chi connectivity index (χ1) is 8.88. The Bertz CT molecular complexity index is 528. The molecule has 0 aliphatic heterocycles. The molecule has 1 heterocycles. The SMILES string of the molecule is NCCn1c(NCC2CCC2)nc2ccccc21. The average Bonchev–Trinajstić information content (AvgIpc) is 2.67. The summed E-state index contributed by atoms with van der Waals surface area (Å²) in [5.74, 6) is 1.80. The molecule has 0 bridgehead atoms. The standard InChI is InChI=1S/C14H20N4/c15-8-9-18-13-7-2-1-6-12(13)17-14(18)16-10-11-4-3-5-11/h1-2,6-7,11H,3-5,8-10,15H2,(H,16,17). The average molecular weight is 244 g/mol. The second-order valence-electron chi connectivity index (χ2n) is 5.04. The van der Waals surface area contributed by atoms with E-state index in [1.165, 1.54) is 24.8 Å². The summed E-state index contributed by atoms with van der Waals surface area (Å²) in [5.41, 5.74) is 7.91. The van der Waals surface area contributed by atoms with Crippen molar-refractivity contribution >= 4 is 17.0 Å². The predicted molar refractivity (Wildman–Crippen MR) is 74.6 cm³/mol. The third-order valence-electron chi connectivity index (χ3n) is 3.78. The first-order valence-corrected chi connectivity index (χ1v) is 6.77. The maximum Gasteiger partial charge on any atom is 0.203 e. The first-order valence-electron chi connectivity index (χ1n) is 6.77. The van der Waals surface area contributed by atoms with Crippen LogP contribution in [0.1, 0.15) is 19.3 Å². The molecule has 96 valence electrons. The molecule has 0 atom stereocenters. The Balaban J connectivity index is 1.85. The largest absolute Gasteiger partial charge is 0.355 e. The number of nitrogens with zero attached hydrogens (tertiary/aromatic N) is 2. The quantitative estimate of drug-likeness (QED) is 0.848. The van der Waals surface area contributed by atoms with Gasteiger partial charge in [0.15, 0.2) is 0 Å². The van der Waals surface area contributed by atoms with Gasteiger partial charge in [-0.25, -0.2) is 4.98 Å². The van der Waals surface area contributed by atoms with Crippen LogP contribution in [0.15, 0.2) is 24.3 Å². The van der Waals surface area contributed by atoms with Crippen molar-refractivity contribution < 1.29 is 0 Å². The highest BCUT2D eigenvalue weighted by Crippen LogP contribution is 2.27. The van der Waals surface area contributed by atoms with Crippen LogP contribution in [0.4, 0.5) is 5.95 Å². The molecule has 18 heavy (non-hydrogen) atoms. The molecule has 4 nitrogen and oxygen atoms in total. The van der Waals surface area contributed by atoms with Crippen LogP contribution in [0, 0.1) is 5.92 Å². The summed E-state index contributed by atoms with van der Waals surface area (Å²) < 4.78 is 2.19. The van der Waals surface area contributed by atoms with Crippen molar-refractivity contribution in [2.24, 2.45) is 11.7 Å². The van der Waals surface area contributed by atoms with Gasteiger partial charge in [0, 0.05) is 19.6 Å². The van der Waals surface area contributed by atoms with Gasteiger partial charge in [-0.15, -0.1) is 0 Å². The summed E-state index contributed by atoms with van der Waals surface area (Å²) in [6.07, 6.45) is 4.08. The number of hydrogen-bond donors (Lipinski definition) is 2. The van der Waals surface area contributed by atoms with Gasteiger partial charge in [-0.2, -0.15) is 0 Å². The number of aromatic nitrogens is 2. The van der Waals surface area contributed by atoms with Crippen molar-refractivity contribution in [3.8, 4) is 0 Å². The summed E-state index contributed by atoms with van der Waals surface area (Å²) in [5, 5.41) is 3.49. The van der Waals surface area contributed by atoms with Crippen LogP contribution in [0.25, 0.3) is 11.0 Å². The van der Waals surface area contributed by atoms with E-state index in [9.17, 15) is 0 Å². The van der Waals surface area contributed by atoms with Crippen molar-refractivity contribution in [2.75, 3.05) is 18.4 Å². The highest BCUT2D eigenvalue weighted by Gasteiger charge is 2.18. The van der Waals surface area contributed by atoms with E-state index < -0.39 is 0 Å². The topological polar surface area (TPSA) is 55.9 Å². The zero-order chi connectivity index (χ0) is 12.4. The van der Waals surface area contributed by atoms with Crippen molar-refractivity contribution in [1.82, 2.24) is 9.55 Å². The predicted octanol–water partition coefficient (Wildman–Crippen LogP) is 2.21. The Morgan fingerprint density at radius 3 is 2.89 bits per heavy atom. The highest BCUT2D eigenvalue weighted by molar-refractivity contribution is 5.78. The van der Waals surface area contributed by atoms with Crippen LogP contribution in [0.2, 0.25) is 0 Å². The third kappa shape index (κ3) is 2.08. The Kier molecular flexibility index (Phi) is 3.19. The minimum atomic E-state index is 0.637. The fourth-order valence-corrected chi connectivity index (χ4v) is 2.50. The third-order valence-corrected chi connectivity index (χ3v) is 3.78. The molecular formula is C14H20N4. The summed E-state index contributed by atoms with van der Waals surface area (Å²) >= 11 is 0. The van der Waals surface area contributed by atoms with E-state index in [2.05, 4.69) is 27.0 Å². The molecule has 1 fully saturated rings. The van der Waals surface area contributed by atoms with Crippen LogP contribution in [0.5, 0.6) is 0 Å². The van der Waals surface area contributed by atoms with Gasteiger partial charge in [0.25, 0.3) is 0 Å². The summed E-state index contributed by atoms with van der Waals surface area (Å²) in [6, 6.07) is 8.23. The maximum absolute atomic E-state index is 5.70. The van der Waals surface area contributed by atoms with E-state index in [4.69, 9.17) is 5.73 Å². The highest BCUT2D eigenvalue weighted by atomic mass is 15.2. The fraction of sp³-hybridized carbons (Fsp3) is 0.500. The molecule has 3 N–H and O–H groups in total. The van der Waals surface area contributed by atoms with Crippen molar-refractivity contribution in [3.63, 3.8) is 0 Å². The molecule has 0 saturated heterocycles. The second-order valence-corrected chi connectivity index (χ2v) is 5.04. The molecule has 1 aromatic heterocycles. The lowest BCUT2D eigenvalue weighted by atomic mass is 9.85. The molecule has 0 spiro atoms. The molecule has 0 amide bonds. The summed E-state index contributed by atoms with van der Waals surface area (Å²) in [4.78, 5) is 4.66. The van der Waals surface area contributed by atoms with Crippen LogP contribution in [-0.2, 0) is 6.54 Å². The Hall–Kier alpha value is -1.55. The number of hydrogen-bond acceptors (Lipinski definition) is 3. The van der Waals surface area contributed by atoms with E-state index in [1.807, 2.05) is 12.1 Å². The lowest BCUT2D eigenvalue weighted by Crippen LogP contribution is -2.23. The van der Waals surface area contributed by atoms with E-state index in [0.717, 1.165) is 30.5 Å². The lowest BCUT2D eigenvalue weighted by Gasteiger charge is -2.25. The number of nitrogens with one attached hydrogen (secondary N) is 1. The molecule has 1 aliphatic rings. The van der Waals surface area contributed by atoms with Gasteiger partial charge in [-0.3, -0.25) is 0 Å². The van der Waals surface area contributed by atoms with E-state index >= 15 is 0 Å². The van der Waals surface area contributed by atoms with Crippen LogP contribution in [0.3, 0.4) is 0 Å². The normalized spacial score (nSPS) is 15.8. The zero-order valence-corrected chi connectivity index (χ0v) is 10.6. The molecule has 0 unspecified atom stereocenters. The summed E-state index contributed by atoms with van der Waals surface area (Å²) in [7, 11) is 0. The van der Waals surface area contributed by atoms with Gasteiger partial charge in [0.2, 0.25) is 5.95 Å². The number of imidazole rings is 1. The number of benzene rings is 1. The molecule has 4 heteroatoms. The van der Waals surface area contributed by atoms with E-state index in [1.54, 1.807) is 0 Å².